The summed E-state index contributed by atoms with van der Waals surface area (Å²) in [5.74, 6) is 1.04. The van der Waals surface area contributed by atoms with Crippen molar-refractivity contribution < 1.29 is 4.79 Å². The molecule has 1 aromatic carbocycles. The van der Waals surface area contributed by atoms with Crippen LogP contribution < -0.4 is 10.9 Å². The molecule has 1 fully saturated rings. The van der Waals surface area contributed by atoms with Gasteiger partial charge in [0.2, 0.25) is 5.91 Å². The lowest BCUT2D eigenvalue weighted by atomic mass is 9.91. The number of rotatable bonds is 4. The van der Waals surface area contributed by atoms with Crippen LogP contribution in [0.3, 0.4) is 0 Å². The van der Waals surface area contributed by atoms with Crippen molar-refractivity contribution in [1.82, 2.24) is 14.3 Å². The minimum Gasteiger partial charge on any atom is -0.319 e. The van der Waals surface area contributed by atoms with Crippen LogP contribution in [0.4, 0.5) is 5.69 Å². The Kier molecular flexibility index (Phi) is 5.56. The predicted molar refractivity (Wildman–Crippen MR) is 108 cm³/mol. The molecule has 6 nitrogen and oxygen atoms in total. The zero-order valence-electron chi connectivity index (χ0n) is 16.9. The monoisotopic (exact) mass is 370 g/mol. The number of aromatic nitrogens is 2. The van der Waals surface area contributed by atoms with Gasteiger partial charge in [0.15, 0.2) is 0 Å². The predicted octanol–water partition coefficient (Wildman–Crippen LogP) is 2.79. The third kappa shape index (κ3) is 3.86. The normalized spacial score (nSPS) is 21.8. The average molecular weight is 370 g/mol. The molecule has 3 atom stereocenters. The topological polar surface area (TPSA) is 59.3 Å². The first kappa shape index (κ1) is 19.4. The van der Waals surface area contributed by atoms with Crippen LogP contribution in [0.2, 0.25) is 0 Å². The first-order chi connectivity index (χ1) is 12.8. The number of anilines is 1. The van der Waals surface area contributed by atoms with Crippen molar-refractivity contribution in [2.45, 2.75) is 40.2 Å². The van der Waals surface area contributed by atoms with E-state index < -0.39 is 0 Å². The molecule has 0 radical (unpaired) electrons. The van der Waals surface area contributed by atoms with Crippen LogP contribution in [-0.4, -0.2) is 39.3 Å². The van der Waals surface area contributed by atoms with Gasteiger partial charge in [0, 0.05) is 20.1 Å². The molecule has 1 amide bonds. The van der Waals surface area contributed by atoms with Gasteiger partial charge in [0.05, 0.1) is 17.4 Å². The minimum absolute atomic E-state index is 0.123. The van der Waals surface area contributed by atoms with E-state index >= 15 is 0 Å². The molecule has 2 heterocycles. The van der Waals surface area contributed by atoms with Crippen molar-refractivity contribution in [2.24, 2.45) is 18.9 Å². The maximum atomic E-state index is 13.0. The molecule has 1 aliphatic heterocycles. The summed E-state index contributed by atoms with van der Waals surface area (Å²) in [7, 11) is 1.83. The Morgan fingerprint density at radius 3 is 2.33 bits per heavy atom. The van der Waals surface area contributed by atoms with E-state index in [9.17, 15) is 9.59 Å². The molecule has 6 heteroatoms. The highest BCUT2D eigenvalue weighted by molar-refractivity contribution is 5.95. The minimum atomic E-state index is -0.264. The summed E-state index contributed by atoms with van der Waals surface area (Å²) < 4.78 is 3.36. The summed E-state index contributed by atoms with van der Waals surface area (Å²) in [6.45, 7) is 10.1. The number of carbonyl (C=O) groups is 1. The average Bonchev–Trinajstić information content (AvgIpc) is 2.84. The Bertz CT molecular complexity index is 858. The summed E-state index contributed by atoms with van der Waals surface area (Å²) in [6, 6.07) is 9.19. The number of nitrogens with zero attached hydrogens (tertiary/aromatic N) is 3. The summed E-state index contributed by atoms with van der Waals surface area (Å²) in [4.78, 5) is 28.1. The smallest absolute Gasteiger partial charge is 0.295 e. The Morgan fingerprint density at radius 2 is 1.74 bits per heavy atom. The molecule has 3 rings (SSSR count). The van der Waals surface area contributed by atoms with E-state index in [1.165, 1.54) is 6.42 Å². The number of amides is 1. The van der Waals surface area contributed by atoms with E-state index in [1.807, 2.05) is 51.2 Å². The van der Waals surface area contributed by atoms with Crippen LogP contribution in [0.25, 0.3) is 5.69 Å². The zero-order chi connectivity index (χ0) is 19.7. The Labute approximate surface area is 160 Å². The second-order valence-corrected chi connectivity index (χ2v) is 8.00. The van der Waals surface area contributed by atoms with Gasteiger partial charge in [0.25, 0.3) is 5.56 Å². The molecule has 0 unspecified atom stereocenters. The van der Waals surface area contributed by atoms with E-state index in [2.05, 4.69) is 24.1 Å². The van der Waals surface area contributed by atoms with E-state index in [0.717, 1.165) is 24.5 Å². The lowest BCUT2D eigenvalue weighted by molar-refractivity contribution is -0.121. The van der Waals surface area contributed by atoms with Gasteiger partial charge in [-0.15, -0.1) is 0 Å². The molecule has 2 aromatic rings. The van der Waals surface area contributed by atoms with Crippen molar-refractivity contribution in [1.29, 1.82) is 0 Å². The highest BCUT2D eigenvalue weighted by Crippen LogP contribution is 2.23. The van der Waals surface area contributed by atoms with E-state index in [0.29, 0.717) is 17.5 Å². The van der Waals surface area contributed by atoms with Gasteiger partial charge in [0.1, 0.15) is 5.69 Å². The highest BCUT2D eigenvalue weighted by Gasteiger charge is 2.30. The van der Waals surface area contributed by atoms with Crippen molar-refractivity contribution >= 4 is 11.6 Å². The van der Waals surface area contributed by atoms with Gasteiger partial charge in [-0.2, -0.15) is 0 Å². The number of piperidine rings is 1. The van der Waals surface area contributed by atoms with E-state index in [4.69, 9.17) is 0 Å². The van der Waals surface area contributed by atoms with Gasteiger partial charge < -0.3 is 5.32 Å². The maximum Gasteiger partial charge on any atom is 0.295 e. The number of likely N-dealkylation sites (tertiary alicyclic amines) is 1. The summed E-state index contributed by atoms with van der Waals surface area (Å²) >= 11 is 0. The number of nitrogens with one attached hydrogen (secondary N) is 1. The van der Waals surface area contributed by atoms with Crippen LogP contribution in [0.1, 0.15) is 32.9 Å². The molecule has 1 saturated heterocycles. The third-order valence-electron chi connectivity index (χ3n) is 5.63. The van der Waals surface area contributed by atoms with Gasteiger partial charge >= 0.3 is 0 Å². The molecule has 1 aliphatic rings. The SMILES string of the molecule is Cc1c(NC(=O)[C@H](C)N2C[C@@H](C)C[C@H](C)C2)c(=O)n(-c2ccccc2)n1C. The van der Waals surface area contributed by atoms with Crippen molar-refractivity contribution in [2.75, 3.05) is 18.4 Å². The quantitative estimate of drug-likeness (QED) is 0.900. The largest absolute Gasteiger partial charge is 0.319 e. The lowest BCUT2D eigenvalue weighted by Crippen LogP contribution is -2.49. The summed E-state index contributed by atoms with van der Waals surface area (Å²) in [5.41, 5.74) is 1.67. The number of hydrogen-bond donors (Lipinski definition) is 1. The maximum absolute atomic E-state index is 13.0. The summed E-state index contributed by atoms with van der Waals surface area (Å²) in [5, 5.41) is 2.90. The molecule has 146 valence electrons. The fraction of sp³-hybridized carbons (Fsp3) is 0.524. The van der Waals surface area contributed by atoms with Crippen LogP contribution in [0, 0.1) is 18.8 Å². The molecular weight excluding hydrogens is 340 g/mol. The Balaban J connectivity index is 1.83. The van der Waals surface area contributed by atoms with Gasteiger partial charge in [-0.3, -0.25) is 19.2 Å². The second-order valence-electron chi connectivity index (χ2n) is 8.00. The van der Waals surface area contributed by atoms with Gasteiger partial charge in [-0.25, -0.2) is 4.68 Å². The first-order valence-electron chi connectivity index (χ1n) is 9.68. The van der Waals surface area contributed by atoms with Crippen molar-refractivity contribution in [3.8, 4) is 5.69 Å². The Hall–Kier alpha value is -2.34. The third-order valence-corrected chi connectivity index (χ3v) is 5.63. The first-order valence-corrected chi connectivity index (χ1v) is 9.68. The molecule has 0 bridgehead atoms. The molecule has 1 N–H and O–H groups in total. The summed E-state index contributed by atoms with van der Waals surface area (Å²) in [6.07, 6.45) is 1.20. The van der Waals surface area contributed by atoms with Crippen molar-refractivity contribution in [3.63, 3.8) is 0 Å². The van der Waals surface area contributed by atoms with Gasteiger partial charge in [-0.05, 0) is 44.2 Å². The van der Waals surface area contributed by atoms with Crippen LogP contribution in [0.15, 0.2) is 35.1 Å². The van der Waals surface area contributed by atoms with Crippen molar-refractivity contribution in [3.05, 3.63) is 46.4 Å². The standard InChI is InChI=1S/C21H30N4O2/c1-14-11-15(2)13-24(12-14)17(4)20(26)22-19-16(3)23(5)25(21(19)27)18-9-7-6-8-10-18/h6-10,14-15,17H,11-13H2,1-5H3,(H,22,26)/t14-,15-,17-/m0/s1. The number of hydrogen-bond acceptors (Lipinski definition) is 3. The fourth-order valence-corrected chi connectivity index (χ4v) is 4.13. The lowest BCUT2D eigenvalue weighted by Gasteiger charge is -2.38. The van der Waals surface area contributed by atoms with E-state index in [-0.39, 0.29) is 17.5 Å². The molecule has 0 saturated carbocycles. The number of benzene rings is 1. The van der Waals surface area contributed by atoms with Crippen LogP contribution in [-0.2, 0) is 11.8 Å². The molecule has 27 heavy (non-hydrogen) atoms. The molecule has 0 spiro atoms. The molecular formula is C21H30N4O2. The molecule has 1 aromatic heterocycles. The van der Waals surface area contributed by atoms with Crippen LogP contribution in [0.5, 0.6) is 0 Å². The van der Waals surface area contributed by atoms with Gasteiger partial charge in [-0.1, -0.05) is 32.0 Å². The Morgan fingerprint density at radius 1 is 1.15 bits per heavy atom. The number of carbonyl (C=O) groups excluding carboxylic acids is 1. The second kappa shape index (κ2) is 7.72. The fourth-order valence-electron chi connectivity index (χ4n) is 4.13. The van der Waals surface area contributed by atoms with E-state index in [1.54, 1.807) is 9.36 Å². The zero-order valence-corrected chi connectivity index (χ0v) is 16.9. The molecule has 0 aliphatic carbocycles. The highest BCUT2D eigenvalue weighted by atomic mass is 16.2. The number of para-hydroxylation sites is 1. The van der Waals surface area contributed by atoms with Crippen LogP contribution >= 0.6 is 0 Å².